The summed E-state index contributed by atoms with van der Waals surface area (Å²) in [6.45, 7) is 0.489. The van der Waals surface area contributed by atoms with Crippen molar-refractivity contribution in [1.82, 2.24) is 4.72 Å². The van der Waals surface area contributed by atoms with E-state index in [0.717, 1.165) is 12.2 Å². The summed E-state index contributed by atoms with van der Waals surface area (Å²) in [5.41, 5.74) is 6.12. The van der Waals surface area contributed by atoms with Crippen molar-refractivity contribution in [3.05, 3.63) is 22.7 Å². The van der Waals surface area contributed by atoms with Gasteiger partial charge < -0.3 is 5.73 Å². The minimum absolute atomic E-state index is 0.214. The minimum atomic E-state index is -3.45. The van der Waals surface area contributed by atoms with Crippen LogP contribution in [-0.2, 0) is 10.0 Å². The van der Waals surface area contributed by atoms with Crippen LogP contribution in [0.5, 0.6) is 0 Å². The second kappa shape index (κ2) is 5.81. The van der Waals surface area contributed by atoms with Gasteiger partial charge in [0.25, 0.3) is 0 Å². The van der Waals surface area contributed by atoms with Crippen molar-refractivity contribution in [1.29, 1.82) is 0 Å². The average Bonchev–Trinajstić information content (AvgIpc) is 2.83. The van der Waals surface area contributed by atoms with Gasteiger partial charge in [0.1, 0.15) is 0 Å². The van der Waals surface area contributed by atoms with Crippen molar-refractivity contribution >= 4 is 43.4 Å². The lowest BCUT2D eigenvalue weighted by Crippen LogP contribution is -2.29. The second-order valence-corrected chi connectivity index (χ2v) is 8.20. The summed E-state index contributed by atoms with van der Waals surface area (Å²) in [5.74, 6) is 1.12. The molecule has 0 aliphatic carbocycles. The number of thioether (sulfide) groups is 1. The number of benzene rings is 1. The highest BCUT2D eigenvalue weighted by molar-refractivity contribution is 9.10. The molecule has 1 fully saturated rings. The molecule has 1 aromatic carbocycles. The van der Waals surface area contributed by atoms with E-state index in [1.807, 2.05) is 11.8 Å². The van der Waals surface area contributed by atoms with Crippen molar-refractivity contribution in [2.45, 2.75) is 23.0 Å². The lowest BCUT2D eigenvalue weighted by Gasteiger charge is -2.11. The van der Waals surface area contributed by atoms with E-state index in [-0.39, 0.29) is 4.90 Å². The summed E-state index contributed by atoms with van der Waals surface area (Å²) in [7, 11) is -3.45. The van der Waals surface area contributed by atoms with Gasteiger partial charge in [-0.05, 0) is 52.7 Å². The number of sulfonamides is 1. The van der Waals surface area contributed by atoms with E-state index in [1.165, 1.54) is 12.5 Å². The van der Waals surface area contributed by atoms with Crippen LogP contribution >= 0.6 is 27.7 Å². The fourth-order valence-electron chi connectivity index (χ4n) is 1.78. The number of rotatable bonds is 4. The SMILES string of the molecule is Nc1cc(S(=O)(=O)NCC2CCCS2)ccc1Br. The van der Waals surface area contributed by atoms with Crippen molar-refractivity contribution in [2.24, 2.45) is 0 Å². The third-order valence-electron chi connectivity index (χ3n) is 2.80. The van der Waals surface area contributed by atoms with Gasteiger partial charge in [0.05, 0.1) is 4.90 Å². The molecule has 3 N–H and O–H groups in total. The number of nitrogen functional groups attached to an aromatic ring is 1. The summed E-state index contributed by atoms with van der Waals surface area (Å²) in [5, 5.41) is 0.396. The van der Waals surface area contributed by atoms with Crippen molar-refractivity contribution < 1.29 is 8.42 Å². The second-order valence-electron chi connectivity index (χ2n) is 4.17. The Labute approximate surface area is 120 Å². The normalized spacial score (nSPS) is 20.2. The molecular formula is C11H15BrN2O2S2. The fraction of sp³-hybridized carbons (Fsp3) is 0.455. The number of nitrogens with one attached hydrogen (secondary N) is 1. The number of hydrogen-bond acceptors (Lipinski definition) is 4. The molecule has 1 aromatic rings. The third-order valence-corrected chi connectivity index (χ3v) is 6.34. The van der Waals surface area contributed by atoms with E-state index in [2.05, 4.69) is 20.7 Å². The minimum Gasteiger partial charge on any atom is -0.398 e. The molecular weight excluding hydrogens is 336 g/mol. The highest BCUT2D eigenvalue weighted by Gasteiger charge is 2.20. The molecule has 0 radical (unpaired) electrons. The van der Waals surface area contributed by atoms with Gasteiger partial charge in [-0.2, -0.15) is 11.8 Å². The van der Waals surface area contributed by atoms with Gasteiger partial charge in [0.2, 0.25) is 10.0 Å². The Morgan fingerprint density at radius 2 is 2.28 bits per heavy atom. The van der Waals surface area contributed by atoms with E-state index in [9.17, 15) is 8.42 Å². The van der Waals surface area contributed by atoms with Gasteiger partial charge in [-0.15, -0.1) is 0 Å². The van der Waals surface area contributed by atoms with E-state index >= 15 is 0 Å². The van der Waals surface area contributed by atoms with Crippen LogP contribution in [0.15, 0.2) is 27.6 Å². The van der Waals surface area contributed by atoms with Gasteiger partial charge in [-0.3, -0.25) is 0 Å². The molecule has 7 heteroatoms. The monoisotopic (exact) mass is 350 g/mol. The van der Waals surface area contributed by atoms with Crippen molar-refractivity contribution in [3.63, 3.8) is 0 Å². The van der Waals surface area contributed by atoms with E-state index in [4.69, 9.17) is 5.73 Å². The summed E-state index contributed by atoms with van der Waals surface area (Å²) >= 11 is 5.07. The Morgan fingerprint density at radius 3 is 2.89 bits per heavy atom. The highest BCUT2D eigenvalue weighted by Crippen LogP contribution is 2.26. The lowest BCUT2D eigenvalue weighted by atomic mass is 10.2. The zero-order valence-electron chi connectivity index (χ0n) is 9.73. The molecule has 100 valence electrons. The van der Waals surface area contributed by atoms with E-state index < -0.39 is 10.0 Å². The smallest absolute Gasteiger partial charge is 0.240 e. The number of hydrogen-bond donors (Lipinski definition) is 2. The first-order valence-electron chi connectivity index (χ1n) is 5.65. The van der Waals surface area contributed by atoms with Gasteiger partial charge in [-0.25, -0.2) is 13.1 Å². The number of anilines is 1. The maximum atomic E-state index is 12.1. The van der Waals surface area contributed by atoms with E-state index in [1.54, 1.807) is 12.1 Å². The molecule has 18 heavy (non-hydrogen) atoms. The highest BCUT2D eigenvalue weighted by atomic mass is 79.9. The molecule has 4 nitrogen and oxygen atoms in total. The van der Waals surface area contributed by atoms with Gasteiger partial charge in [-0.1, -0.05) is 0 Å². The van der Waals surface area contributed by atoms with Crippen LogP contribution in [0.1, 0.15) is 12.8 Å². The van der Waals surface area contributed by atoms with Crippen LogP contribution in [0, 0.1) is 0 Å². The molecule has 1 aliphatic rings. The van der Waals surface area contributed by atoms with Gasteiger partial charge in [0.15, 0.2) is 0 Å². The number of nitrogens with two attached hydrogens (primary N) is 1. The average molecular weight is 351 g/mol. The summed E-state index contributed by atoms with van der Waals surface area (Å²) in [4.78, 5) is 0.214. The molecule has 0 spiro atoms. The van der Waals surface area contributed by atoms with Crippen LogP contribution in [0.25, 0.3) is 0 Å². The quantitative estimate of drug-likeness (QED) is 0.816. The lowest BCUT2D eigenvalue weighted by molar-refractivity contribution is 0.579. The molecule has 0 amide bonds. The summed E-state index contributed by atoms with van der Waals surface area (Å²) in [6, 6.07) is 4.66. The molecule has 1 unspecified atom stereocenters. The molecule has 1 atom stereocenters. The van der Waals surface area contributed by atoms with Crippen LogP contribution < -0.4 is 10.5 Å². The third kappa shape index (κ3) is 3.40. The van der Waals surface area contributed by atoms with Crippen LogP contribution in [0.3, 0.4) is 0 Å². The molecule has 1 aliphatic heterocycles. The molecule has 0 saturated carbocycles. The molecule has 0 bridgehead atoms. The Hall–Kier alpha value is -0.240. The molecule has 0 aromatic heterocycles. The van der Waals surface area contributed by atoms with Gasteiger partial charge in [0, 0.05) is 22.0 Å². The van der Waals surface area contributed by atoms with Crippen LogP contribution in [-0.4, -0.2) is 26.0 Å². The predicted octanol–water partition coefficient (Wildman–Crippen LogP) is 2.21. The van der Waals surface area contributed by atoms with Crippen LogP contribution in [0.4, 0.5) is 5.69 Å². The Kier molecular flexibility index (Phi) is 4.58. The first-order valence-corrected chi connectivity index (χ1v) is 8.98. The fourth-order valence-corrected chi connectivity index (χ4v) is 4.45. The standard InChI is InChI=1S/C11H15BrN2O2S2/c12-10-4-3-9(6-11(10)13)18(15,16)14-7-8-2-1-5-17-8/h3-4,6,8,14H,1-2,5,7,13H2. The summed E-state index contributed by atoms with van der Waals surface area (Å²) in [6.07, 6.45) is 2.25. The number of halogens is 1. The predicted molar refractivity (Wildman–Crippen MR) is 79.2 cm³/mol. The zero-order valence-corrected chi connectivity index (χ0v) is 12.9. The topological polar surface area (TPSA) is 72.2 Å². The maximum Gasteiger partial charge on any atom is 0.240 e. The molecule has 1 saturated heterocycles. The molecule has 2 rings (SSSR count). The van der Waals surface area contributed by atoms with E-state index in [0.29, 0.717) is 22.0 Å². The molecule has 1 heterocycles. The largest absolute Gasteiger partial charge is 0.398 e. The Morgan fingerprint density at radius 1 is 1.50 bits per heavy atom. The Balaban J connectivity index is 2.07. The van der Waals surface area contributed by atoms with Crippen molar-refractivity contribution in [2.75, 3.05) is 18.0 Å². The Bertz CT molecular complexity index is 528. The first-order chi connectivity index (χ1) is 8.49. The summed E-state index contributed by atoms with van der Waals surface area (Å²) < 4.78 is 27.5. The maximum absolute atomic E-state index is 12.1. The van der Waals surface area contributed by atoms with Gasteiger partial charge >= 0.3 is 0 Å². The zero-order chi connectivity index (χ0) is 13.2. The van der Waals surface area contributed by atoms with Crippen LogP contribution in [0.2, 0.25) is 0 Å². The van der Waals surface area contributed by atoms with Crippen molar-refractivity contribution in [3.8, 4) is 0 Å². The first kappa shape index (κ1) is 14.2.